The summed E-state index contributed by atoms with van der Waals surface area (Å²) in [5, 5.41) is 3.35. The molecule has 0 aliphatic rings. The maximum Gasteiger partial charge on any atom is 0.280 e. The summed E-state index contributed by atoms with van der Waals surface area (Å²) >= 11 is 3.68. The van der Waals surface area contributed by atoms with Crippen molar-refractivity contribution in [3.05, 3.63) is 30.5 Å². The highest BCUT2D eigenvalue weighted by molar-refractivity contribution is 7.96. The van der Waals surface area contributed by atoms with E-state index in [-0.39, 0.29) is 5.24 Å². The van der Waals surface area contributed by atoms with Crippen molar-refractivity contribution in [3.8, 4) is 0 Å². The predicted molar refractivity (Wildman–Crippen MR) is 60.9 cm³/mol. The number of aromatic nitrogens is 1. The number of hydrogen-bond acceptors (Lipinski definition) is 1. The number of carbonyl (C=O) groups excluding carboxylic acids is 1. The largest absolute Gasteiger partial charge is 0.348 e. The summed E-state index contributed by atoms with van der Waals surface area (Å²) < 4.78 is 1.97. The normalized spacial score (nSPS) is 10.4. The Morgan fingerprint density at radius 2 is 2.14 bits per heavy atom. The molecule has 0 fully saturated rings. The van der Waals surface area contributed by atoms with Crippen LogP contribution in [0.2, 0.25) is 0 Å². The van der Waals surface area contributed by atoms with Crippen molar-refractivity contribution >= 4 is 34.5 Å². The number of benzene rings is 1. The second-order valence-electron chi connectivity index (χ2n) is 3.10. The number of hydrogen-bond donors (Lipinski definition) is 2. The summed E-state index contributed by atoms with van der Waals surface area (Å²) in [4.78, 5) is 10.8. The first kappa shape index (κ1) is 9.15. The molecule has 0 atom stereocenters. The molecule has 0 unspecified atom stereocenters. The van der Waals surface area contributed by atoms with Gasteiger partial charge in [-0.15, -0.1) is 0 Å². The molecule has 2 aromatic rings. The van der Waals surface area contributed by atoms with Gasteiger partial charge < -0.3 is 9.88 Å². The molecule has 4 heteroatoms. The van der Waals surface area contributed by atoms with Gasteiger partial charge in [0.1, 0.15) is 0 Å². The third kappa shape index (κ3) is 1.48. The van der Waals surface area contributed by atoms with Crippen molar-refractivity contribution in [2.45, 2.75) is 0 Å². The van der Waals surface area contributed by atoms with Crippen LogP contribution in [0, 0.1) is 0 Å². The van der Waals surface area contributed by atoms with Gasteiger partial charge >= 0.3 is 0 Å². The summed E-state index contributed by atoms with van der Waals surface area (Å²) in [5.41, 5.74) is 1.88. The fourth-order valence-corrected chi connectivity index (χ4v) is 1.68. The Morgan fingerprint density at radius 1 is 1.43 bits per heavy atom. The quantitative estimate of drug-likeness (QED) is 0.691. The number of carbonyl (C=O) groups is 1. The summed E-state index contributed by atoms with van der Waals surface area (Å²) in [5.74, 6) is 0. The van der Waals surface area contributed by atoms with Crippen molar-refractivity contribution in [1.82, 2.24) is 4.57 Å². The minimum Gasteiger partial charge on any atom is -0.348 e. The highest BCUT2D eigenvalue weighted by Crippen LogP contribution is 2.24. The average molecular weight is 206 g/mol. The van der Waals surface area contributed by atoms with Crippen LogP contribution in [-0.2, 0) is 7.05 Å². The summed E-state index contributed by atoms with van der Waals surface area (Å²) in [7, 11) is 1.94. The molecule has 1 aromatic heterocycles. The van der Waals surface area contributed by atoms with Crippen LogP contribution in [-0.4, -0.2) is 9.81 Å². The van der Waals surface area contributed by atoms with Crippen molar-refractivity contribution in [2.24, 2.45) is 7.05 Å². The van der Waals surface area contributed by atoms with Gasteiger partial charge in [-0.05, 0) is 6.07 Å². The molecule has 1 amide bonds. The molecule has 3 nitrogen and oxygen atoms in total. The van der Waals surface area contributed by atoms with E-state index in [9.17, 15) is 4.79 Å². The summed E-state index contributed by atoms with van der Waals surface area (Å²) in [6.07, 6.45) is 1.87. The van der Waals surface area contributed by atoms with Gasteiger partial charge in [0.15, 0.2) is 0 Å². The van der Waals surface area contributed by atoms with Gasteiger partial charge in [0.05, 0.1) is 5.69 Å². The molecule has 0 radical (unpaired) electrons. The lowest BCUT2D eigenvalue weighted by atomic mass is 10.2. The molecule has 0 aliphatic heterocycles. The summed E-state index contributed by atoms with van der Waals surface area (Å²) in [6.45, 7) is 0. The molecule has 1 N–H and O–H groups in total. The third-order valence-corrected chi connectivity index (χ3v) is 2.25. The number of nitrogens with zero attached hydrogens (tertiary/aromatic N) is 1. The van der Waals surface area contributed by atoms with E-state index in [0.29, 0.717) is 0 Å². The van der Waals surface area contributed by atoms with E-state index >= 15 is 0 Å². The van der Waals surface area contributed by atoms with Gasteiger partial charge in [-0.25, -0.2) is 0 Å². The predicted octanol–water partition coefficient (Wildman–Crippen LogP) is 2.64. The molecule has 1 heterocycles. The van der Waals surface area contributed by atoms with E-state index in [2.05, 4.69) is 17.9 Å². The first-order chi connectivity index (χ1) is 6.68. The van der Waals surface area contributed by atoms with Crippen molar-refractivity contribution < 1.29 is 4.79 Å². The van der Waals surface area contributed by atoms with E-state index in [1.807, 2.05) is 42.1 Å². The zero-order valence-corrected chi connectivity index (χ0v) is 8.58. The molecule has 0 spiro atoms. The van der Waals surface area contributed by atoms with Crippen molar-refractivity contribution in [1.29, 1.82) is 0 Å². The molecule has 0 aliphatic carbocycles. The number of fused-ring (bicyclic) bond motifs is 1. The standard InChI is InChI=1S/C10H10N2OS/c1-12-6-8(11-10(13)14)7-4-2-3-5-9(7)12/h2-6H,1H3,(H2,11,13,14). The number of anilines is 1. The first-order valence-corrected chi connectivity index (χ1v) is 4.67. The maximum atomic E-state index is 10.8. The smallest absolute Gasteiger partial charge is 0.280 e. The van der Waals surface area contributed by atoms with Crippen LogP contribution in [0.1, 0.15) is 0 Å². The van der Waals surface area contributed by atoms with Crippen molar-refractivity contribution in [2.75, 3.05) is 5.32 Å². The fourth-order valence-electron chi connectivity index (χ4n) is 1.56. The zero-order chi connectivity index (χ0) is 10.1. The Morgan fingerprint density at radius 3 is 2.86 bits per heavy atom. The van der Waals surface area contributed by atoms with E-state index in [4.69, 9.17) is 0 Å². The number of amides is 1. The Kier molecular flexibility index (Phi) is 2.21. The van der Waals surface area contributed by atoms with E-state index < -0.39 is 0 Å². The number of nitrogens with one attached hydrogen (secondary N) is 1. The highest BCUT2D eigenvalue weighted by atomic mass is 32.1. The topological polar surface area (TPSA) is 34.0 Å². The van der Waals surface area contributed by atoms with Gasteiger partial charge in [-0.2, -0.15) is 0 Å². The molecule has 0 saturated carbocycles. The number of para-hydroxylation sites is 1. The third-order valence-electron chi connectivity index (χ3n) is 2.14. The molecule has 2 rings (SSSR count). The molecule has 0 bridgehead atoms. The van der Waals surface area contributed by atoms with Crippen LogP contribution in [0.25, 0.3) is 10.9 Å². The van der Waals surface area contributed by atoms with Crippen LogP contribution >= 0.6 is 12.6 Å². The lowest BCUT2D eigenvalue weighted by Gasteiger charge is -1.96. The first-order valence-electron chi connectivity index (χ1n) is 4.22. The Bertz CT molecular complexity index is 490. The van der Waals surface area contributed by atoms with Gasteiger partial charge in [0, 0.05) is 24.1 Å². The maximum absolute atomic E-state index is 10.8. The molecular weight excluding hydrogens is 196 g/mol. The Labute approximate surface area is 87.1 Å². The Hall–Kier alpha value is -1.42. The van der Waals surface area contributed by atoms with Gasteiger partial charge in [0.2, 0.25) is 0 Å². The second-order valence-corrected chi connectivity index (χ2v) is 3.51. The number of aryl methyl sites for hydroxylation is 1. The molecule has 1 aromatic carbocycles. The molecule has 14 heavy (non-hydrogen) atoms. The Balaban J connectivity index is 2.60. The van der Waals surface area contributed by atoms with E-state index in [0.717, 1.165) is 16.6 Å². The van der Waals surface area contributed by atoms with E-state index in [1.165, 1.54) is 0 Å². The molecular formula is C10H10N2OS. The average Bonchev–Trinajstić information content (AvgIpc) is 2.44. The van der Waals surface area contributed by atoms with Crippen LogP contribution in [0.3, 0.4) is 0 Å². The van der Waals surface area contributed by atoms with Crippen molar-refractivity contribution in [3.63, 3.8) is 0 Å². The highest BCUT2D eigenvalue weighted by Gasteiger charge is 2.06. The van der Waals surface area contributed by atoms with Crippen LogP contribution < -0.4 is 5.32 Å². The van der Waals surface area contributed by atoms with E-state index in [1.54, 1.807) is 0 Å². The molecule has 72 valence electrons. The van der Waals surface area contributed by atoms with Gasteiger partial charge in [-0.3, -0.25) is 4.79 Å². The van der Waals surface area contributed by atoms with Crippen LogP contribution in [0.15, 0.2) is 30.5 Å². The van der Waals surface area contributed by atoms with Crippen LogP contribution in [0.5, 0.6) is 0 Å². The second kappa shape index (κ2) is 3.38. The van der Waals surface area contributed by atoms with Gasteiger partial charge in [0.25, 0.3) is 5.24 Å². The SMILES string of the molecule is Cn1cc(NC(=O)S)c2ccccc21. The minimum absolute atomic E-state index is 0.346. The van der Waals surface area contributed by atoms with Crippen LogP contribution in [0.4, 0.5) is 10.5 Å². The number of thiol groups is 1. The molecule has 0 saturated heterocycles. The van der Waals surface area contributed by atoms with Gasteiger partial charge in [-0.1, -0.05) is 30.8 Å². The number of rotatable bonds is 1. The monoisotopic (exact) mass is 206 g/mol. The minimum atomic E-state index is -0.346. The fraction of sp³-hybridized carbons (Fsp3) is 0.100. The zero-order valence-electron chi connectivity index (χ0n) is 7.69. The lowest BCUT2D eigenvalue weighted by Crippen LogP contribution is -1.99. The summed E-state index contributed by atoms with van der Waals surface area (Å²) in [6, 6.07) is 7.88. The lowest BCUT2D eigenvalue weighted by molar-refractivity contribution is 0.270.